The zero-order valence-corrected chi connectivity index (χ0v) is 16.6. The monoisotopic (exact) mass is 420 g/mol. The predicted octanol–water partition coefficient (Wildman–Crippen LogP) is 3.68. The molecule has 1 amide bonds. The molecule has 0 fully saturated rings. The standard InChI is InChI=1S/C20H18F2N2O4S/c1-3-27-14-7-5-12(6-8-14)19(26)23-20-24(11-17(25)28-4-2)18-15(22)9-13(21)10-16(18)29-20/h5-10H,3-4,11H2,1-2H3. The van der Waals surface area contributed by atoms with Gasteiger partial charge in [-0.05, 0) is 44.2 Å². The van der Waals surface area contributed by atoms with Gasteiger partial charge in [0.05, 0.1) is 23.4 Å². The van der Waals surface area contributed by atoms with Gasteiger partial charge < -0.3 is 14.0 Å². The van der Waals surface area contributed by atoms with Crippen LogP contribution in [0.3, 0.4) is 0 Å². The molecule has 0 unspecified atom stereocenters. The second kappa shape index (κ2) is 8.95. The van der Waals surface area contributed by atoms with E-state index in [0.717, 1.165) is 23.5 Å². The Hall–Kier alpha value is -3.07. The average molecular weight is 420 g/mol. The number of fused-ring (bicyclic) bond motifs is 1. The van der Waals surface area contributed by atoms with Crippen LogP contribution in [0.4, 0.5) is 8.78 Å². The minimum Gasteiger partial charge on any atom is -0.494 e. The molecule has 3 aromatic rings. The molecular weight excluding hydrogens is 402 g/mol. The molecule has 0 aliphatic rings. The van der Waals surface area contributed by atoms with Crippen molar-refractivity contribution in [2.24, 2.45) is 4.99 Å². The fraction of sp³-hybridized carbons (Fsp3) is 0.250. The van der Waals surface area contributed by atoms with Crippen LogP contribution in [0.2, 0.25) is 0 Å². The van der Waals surface area contributed by atoms with E-state index in [-0.39, 0.29) is 28.2 Å². The van der Waals surface area contributed by atoms with Crippen molar-refractivity contribution in [3.63, 3.8) is 0 Å². The normalized spacial score (nSPS) is 11.7. The number of rotatable bonds is 6. The molecule has 0 atom stereocenters. The van der Waals surface area contributed by atoms with Gasteiger partial charge in [-0.1, -0.05) is 11.3 Å². The van der Waals surface area contributed by atoms with Crippen molar-refractivity contribution in [3.05, 3.63) is 58.4 Å². The molecule has 0 bridgehead atoms. The van der Waals surface area contributed by atoms with Crippen LogP contribution in [0, 0.1) is 11.6 Å². The summed E-state index contributed by atoms with van der Waals surface area (Å²) in [5.41, 5.74) is 0.281. The number of nitrogens with zero attached hydrogens (tertiary/aromatic N) is 2. The molecule has 0 saturated carbocycles. The third kappa shape index (κ3) is 4.68. The lowest BCUT2D eigenvalue weighted by molar-refractivity contribution is -0.143. The molecule has 0 radical (unpaired) electrons. The zero-order valence-electron chi connectivity index (χ0n) is 15.8. The third-order valence-corrected chi connectivity index (χ3v) is 4.92. The van der Waals surface area contributed by atoms with Gasteiger partial charge in [-0.3, -0.25) is 9.59 Å². The molecule has 0 spiro atoms. The first-order valence-electron chi connectivity index (χ1n) is 8.88. The van der Waals surface area contributed by atoms with E-state index < -0.39 is 23.5 Å². The van der Waals surface area contributed by atoms with Crippen LogP contribution >= 0.6 is 11.3 Å². The van der Waals surface area contributed by atoms with Gasteiger partial charge in [0.15, 0.2) is 10.6 Å². The molecule has 6 nitrogen and oxygen atoms in total. The lowest BCUT2D eigenvalue weighted by atomic mass is 10.2. The minimum absolute atomic E-state index is 0.0114. The summed E-state index contributed by atoms with van der Waals surface area (Å²) in [6.45, 7) is 3.78. The second-order valence-electron chi connectivity index (χ2n) is 5.88. The number of carbonyl (C=O) groups is 2. The Labute approximate surface area is 169 Å². The van der Waals surface area contributed by atoms with E-state index in [2.05, 4.69) is 4.99 Å². The molecule has 1 aromatic heterocycles. The smallest absolute Gasteiger partial charge is 0.326 e. The van der Waals surface area contributed by atoms with E-state index in [9.17, 15) is 18.4 Å². The number of esters is 1. The quantitative estimate of drug-likeness (QED) is 0.571. The summed E-state index contributed by atoms with van der Waals surface area (Å²) in [4.78, 5) is 28.6. The summed E-state index contributed by atoms with van der Waals surface area (Å²) in [7, 11) is 0. The Morgan fingerprint density at radius 2 is 1.83 bits per heavy atom. The lowest BCUT2D eigenvalue weighted by Crippen LogP contribution is -2.23. The van der Waals surface area contributed by atoms with Crippen molar-refractivity contribution >= 4 is 33.4 Å². The Bertz CT molecular complexity index is 1120. The molecule has 0 N–H and O–H groups in total. The first-order chi connectivity index (χ1) is 13.9. The van der Waals surface area contributed by atoms with Gasteiger partial charge in [-0.25, -0.2) is 8.78 Å². The topological polar surface area (TPSA) is 69.9 Å². The molecule has 29 heavy (non-hydrogen) atoms. The minimum atomic E-state index is -0.851. The fourth-order valence-corrected chi connectivity index (χ4v) is 3.78. The van der Waals surface area contributed by atoms with E-state index >= 15 is 0 Å². The third-order valence-electron chi connectivity index (χ3n) is 3.90. The van der Waals surface area contributed by atoms with Gasteiger partial charge in [0, 0.05) is 11.6 Å². The van der Waals surface area contributed by atoms with E-state index in [1.807, 2.05) is 6.92 Å². The first-order valence-corrected chi connectivity index (χ1v) is 9.70. The Morgan fingerprint density at radius 1 is 1.10 bits per heavy atom. The van der Waals surface area contributed by atoms with E-state index in [1.54, 1.807) is 31.2 Å². The van der Waals surface area contributed by atoms with Gasteiger partial charge >= 0.3 is 5.97 Å². The molecular formula is C20H18F2N2O4S. The molecule has 1 heterocycles. The summed E-state index contributed by atoms with van der Waals surface area (Å²) in [5, 5.41) is 0. The number of halogens is 2. The summed E-state index contributed by atoms with van der Waals surface area (Å²) < 4.78 is 39.7. The van der Waals surface area contributed by atoms with Gasteiger partial charge in [-0.15, -0.1) is 0 Å². The fourth-order valence-electron chi connectivity index (χ4n) is 2.71. The average Bonchev–Trinajstić information content (AvgIpc) is 2.99. The van der Waals surface area contributed by atoms with Gasteiger partial charge in [0.25, 0.3) is 5.91 Å². The van der Waals surface area contributed by atoms with Crippen molar-refractivity contribution in [2.75, 3.05) is 13.2 Å². The van der Waals surface area contributed by atoms with Crippen molar-refractivity contribution in [3.8, 4) is 5.75 Å². The SMILES string of the molecule is CCOC(=O)Cn1c(=NC(=O)c2ccc(OCC)cc2)sc2cc(F)cc(F)c21. The number of hydrogen-bond donors (Lipinski definition) is 0. The molecule has 3 rings (SSSR count). The molecule has 152 valence electrons. The highest BCUT2D eigenvalue weighted by Crippen LogP contribution is 2.22. The number of amides is 1. The maximum atomic E-state index is 14.4. The first kappa shape index (κ1) is 20.7. The van der Waals surface area contributed by atoms with E-state index in [1.165, 1.54) is 4.57 Å². The van der Waals surface area contributed by atoms with Crippen molar-refractivity contribution in [1.82, 2.24) is 4.57 Å². The predicted molar refractivity (Wildman–Crippen MR) is 104 cm³/mol. The highest BCUT2D eigenvalue weighted by atomic mass is 32.1. The van der Waals surface area contributed by atoms with Crippen LogP contribution in [-0.4, -0.2) is 29.7 Å². The molecule has 0 aliphatic carbocycles. The highest BCUT2D eigenvalue weighted by Gasteiger charge is 2.17. The lowest BCUT2D eigenvalue weighted by Gasteiger charge is -2.06. The number of hydrogen-bond acceptors (Lipinski definition) is 5. The zero-order chi connectivity index (χ0) is 21.0. The molecule has 0 saturated heterocycles. The summed E-state index contributed by atoms with van der Waals surface area (Å²) in [6, 6.07) is 8.23. The largest absolute Gasteiger partial charge is 0.494 e. The Morgan fingerprint density at radius 3 is 2.48 bits per heavy atom. The van der Waals surface area contributed by atoms with Crippen molar-refractivity contribution in [2.45, 2.75) is 20.4 Å². The van der Waals surface area contributed by atoms with Gasteiger partial charge in [0.2, 0.25) is 0 Å². The molecule has 0 aliphatic heterocycles. The van der Waals surface area contributed by atoms with Crippen molar-refractivity contribution in [1.29, 1.82) is 0 Å². The van der Waals surface area contributed by atoms with E-state index in [0.29, 0.717) is 17.9 Å². The Balaban J connectivity index is 2.07. The number of benzene rings is 2. The van der Waals surface area contributed by atoms with Crippen LogP contribution in [0.1, 0.15) is 24.2 Å². The van der Waals surface area contributed by atoms with E-state index in [4.69, 9.17) is 9.47 Å². The van der Waals surface area contributed by atoms with Crippen LogP contribution < -0.4 is 9.54 Å². The second-order valence-corrected chi connectivity index (χ2v) is 6.89. The van der Waals surface area contributed by atoms with Gasteiger partial charge in [0.1, 0.15) is 18.1 Å². The van der Waals surface area contributed by atoms with Crippen LogP contribution in [0.25, 0.3) is 10.2 Å². The molecule has 2 aromatic carbocycles. The highest BCUT2D eigenvalue weighted by molar-refractivity contribution is 7.16. The van der Waals surface area contributed by atoms with Gasteiger partial charge in [-0.2, -0.15) is 4.99 Å². The maximum absolute atomic E-state index is 14.4. The summed E-state index contributed by atoms with van der Waals surface area (Å²) >= 11 is 0.910. The number of thiazole rings is 1. The van der Waals surface area contributed by atoms with Crippen molar-refractivity contribution < 1.29 is 27.8 Å². The summed E-state index contributed by atoms with van der Waals surface area (Å²) in [5.74, 6) is -2.20. The number of ether oxygens (including phenoxy) is 2. The van der Waals surface area contributed by atoms with Crippen LogP contribution in [0.15, 0.2) is 41.4 Å². The molecule has 9 heteroatoms. The number of carbonyl (C=O) groups excluding carboxylic acids is 2. The Kier molecular flexibility index (Phi) is 6.38. The maximum Gasteiger partial charge on any atom is 0.326 e. The van der Waals surface area contributed by atoms with Crippen LogP contribution in [-0.2, 0) is 16.1 Å². The summed E-state index contributed by atoms with van der Waals surface area (Å²) in [6.07, 6.45) is 0. The number of aromatic nitrogens is 1. The van der Waals surface area contributed by atoms with Crippen LogP contribution in [0.5, 0.6) is 5.75 Å².